The van der Waals surface area contributed by atoms with Crippen LogP contribution in [-0.2, 0) is 0 Å². The van der Waals surface area contributed by atoms with Crippen LogP contribution in [0.25, 0.3) is 5.52 Å². The van der Waals surface area contributed by atoms with Gasteiger partial charge in [0.2, 0.25) is 5.95 Å². The van der Waals surface area contributed by atoms with Gasteiger partial charge in [0.15, 0.2) is 6.29 Å². The molecule has 2 aromatic rings. The molecule has 4 heteroatoms. The van der Waals surface area contributed by atoms with Crippen LogP contribution in [0.3, 0.4) is 0 Å². The number of rotatable bonds is 2. The summed E-state index contributed by atoms with van der Waals surface area (Å²) in [6, 6.07) is 5.83. The van der Waals surface area contributed by atoms with Crippen LogP contribution in [0.1, 0.15) is 16.2 Å². The normalized spacial score (nSPS) is 10.6. The summed E-state index contributed by atoms with van der Waals surface area (Å²) >= 11 is 0. The second-order valence-corrected chi connectivity index (χ2v) is 3.70. The molecule has 0 amide bonds. The molecule has 2 heterocycles. The highest BCUT2D eigenvalue weighted by Crippen LogP contribution is 2.19. The van der Waals surface area contributed by atoms with E-state index in [-0.39, 0.29) is 0 Å². The predicted molar refractivity (Wildman–Crippen MR) is 59.6 cm³/mol. The van der Waals surface area contributed by atoms with Gasteiger partial charge in [-0.25, -0.2) is 4.98 Å². The van der Waals surface area contributed by atoms with Crippen LogP contribution in [0.5, 0.6) is 0 Å². The maximum atomic E-state index is 10.9. The van der Waals surface area contributed by atoms with E-state index in [0.717, 1.165) is 23.4 Å². The summed E-state index contributed by atoms with van der Waals surface area (Å²) in [5, 5.41) is 0. The number of pyridine rings is 1. The lowest BCUT2D eigenvalue weighted by Crippen LogP contribution is -2.13. The SMILES string of the molecule is Cc1cccc2c(C=O)nc(N(C)C)n12. The number of carbonyl (C=O) groups excluding carboxylic acids is 1. The standard InChI is InChI=1S/C11H13N3O/c1-8-5-4-6-10-9(7-15)12-11(13(2)3)14(8)10/h4-7H,1-3H3. The van der Waals surface area contributed by atoms with Gasteiger partial charge in [0.1, 0.15) is 5.69 Å². The molecule has 0 spiro atoms. The van der Waals surface area contributed by atoms with E-state index in [4.69, 9.17) is 0 Å². The summed E-state index contributed by atoms with van der Waals surface area (Å²) in [6.07, 6.45) is 0.793. The lowest BCUT2D eigenvalue weighted by atomic mass is 10.3. The molecular formula is C11H13N3O. The summed E-state index contributed by atoms with van der Waals surface area (Å²) in [5.41, 5.74) is 2.41. The molecular weight excluding hydrogens is 190 g/mol. The van der Waals surface area contributed by atoms with E-state index in [2.05, 4.69) is 4.98 Å². The van der Waals surface area contributed by atoms with Gasteiger partial charge < -0.3 is 4.90 Å². The van der Waals surface area contributed by atoms with E-state index in [0.29, 0.717) is 5.69 Å². The first kappa shape index (κ1) is 9.71. The number of aromatic nitrogens is 2. The van der Waals surface area contributed by atoms with Crippen molar-refractivity contribution in [3.8, 4) is 0 Å². The van der Waals surface area contributed by atoms with Crippen molar-refractivity contribution in [2.75, 3.05) is 19.0 Å². The quantitative estimate of drug-likeness (QED) is 0.694. The van der Waals surface area contributed by atoms with Gasteiger partial charge in [0.25, 0.3) is 0 Å². The van der Waals surface area contributed by atoms with E-state index in [1.165, 1.54) is 0 Å². The van der Waals surface area contributed by atoms with Crippen molar-refractivity contribution in [1.82, 2.24) is 9.38 Å². The number of nitrogens with zero attached hydrogens (tertiary/aromatic N) is 3. The lowest BCUT2D eigenvalue weighted by molar-refractivity contribution is 0.112. The third kappa shape index (κ3) is 1.38. The molecule has 4 nitrogen and oxygen atoms in total. The average molecular weight is 203 g/mol. The van der Waals surface area contributed by atoms with E-state index < -0.39 is 0 Å². The molecule has 0 unspecified atom stereocenters. The van der Waals surface area contributed by atoms with Gasteiger partial charge in [0.05, 0.1) is 5.52 Å². The smallest absolute Gasteiger partial charge is 0.210 e. The monoisotopic (exact) mass is 203 g/mol. The Balaban J connectivity index is 2.87. The summed E-state index contributed by atoms with van der Waals surface area (Å²) in [6.45, 7) is 2.00. The van der Waals surface area contributed by atoms with Crippen molar-refractivity contribution in [3.05, 3.63) is 29.6 Å². The maximum Gasteiger partial charge on any atom is 0.210 e. The minimum absolute atomic E-state index is 0.488. The Kier molecular flexibility index (Phi) is 2.19. The molecule has 2 rings (SSSR count). The highest BCUT2D eigenvalue weighted by atomic mass is 16.1. The van der Waals surface area contributed by atoms with Crippen LogP contribution in [0.15, 0.2) is 18.2 Å². The van der Waals surface area contributed by atoms with E-state index in [1.807, 2.05) is 48.5 Å². The van der Waals surface area contributed by atoms with Gasteiger partial charge >= 0.3 is 0 Å². The number of aryl methyl sites for hydroxylation is 1. The fraction of sp³-hybridized carbons (Fsp3) is 0.273. The summed E-state index contributed by atoms with van der Waals surface area (Å²) in [4.78, 5) is 17.1. The Morgan fingerprint density at radius 2 is 2.13 bits per heavy atom. The van der Waals surface area contributed by atoms with Crippen LogP contribution in [-0.4, -0.2) is 29.8 Å². The molecule has 0 aromatic carbocycles. The van der Waals surface area contributed by atoms with Gasteiger partial charge in [-0.2, -0.15) is 0 Å². The van der Waals surface area contributed by atoms with Crippen LogP contribution in [0, 0.1) is 6.92 Å². The van der Waals surface area contributed by atoms with Crippen LogP contribution in [0.2, 0.25) is 0 Å². The van der Waals surface area contributed by atoms with Crippen LogP contribution >= 0.6 is 0 Å². The van der Waals surface area contributed by atoms with Crippen molar-refractivity contribution < 1.29 is 4.79 Å². The highest BCUT2D eigenvalue weighted by molar-refractivity contribution is 5.85. The Bertz CT molecular complexity index is 514. The van der Waals surface area contributed by atoms with E-state index in [1.54, 1.807) is 0 Å². The number of fused-ring (bicyclic) bond motifs is 1. The summed E-state index contributed by atoms with van der Waals surface area (Å²) in [7, 11) is 3.82. The first-order valence-electron chi connectivity index (χ1n) is 4.75. The second kappa shape index (κ2) is 3.38. The molecule has 0 aliphatic carbocycles. The van der Waals surface area contributed by atoms with E-state index >= 15 is 0 Å². The highest BCUT2D eigenvalue weighted by Gasteiger charge is 2.12. The van der Waals surface area contributed by atoms with Gasteiger partial charge in [-0.15, -0.1) is 0 Å². The minimum Gasteiger partial charge on any atom is -0.348 e. The molecule has 0 aliphatic heterocycles. The molecule has 0 N–H and O–H groups in total. The molecule has 15 heavy (non-hydrogen) atoms. The molecule has 0 aliphatic rings. The topological polar surface area (TPSA) is 37.6 Å². The number of hydrogen-bond acceptors (Lipinski definition) is 3. The third-order valence-electron chi connectivity index (χ3n) is 2.38. The van der Waals surface area contributed by atoms with Gasteiger partial charge in [-0.3, -0.25) is 9.20 Å². The van der Waals surface area contributed by atoms with Crippen molar-refractivity contribution in [1.29, 1.82) is 0 Å². The number of anilines is 1. The van der Waals surface area contributed by atoms with Crippen LogP contribution < -0.4 is 4.90 Å². The summed E-state index contributed by atoms with van der Waals surface area (Å²) < 4.78 is 1.98. The predicted octanol–water partition coefficient (Wildman–Crippen LogP) is 1.52. The molecule has 0 saturated heterocycles. The lowest BCUT2D eigenvalue weighted by Gasteiger charge is -2.11. The first-order chi connectivity index (χ1) is 7.15. The largest absolute Gasteiger partial charge is 0.348 e. The average Bonchev–Trinajstić information content (AvgIpc) is 2.58. The minimum atomic E-state index is 0.488. The molecule has 78 valence electrons. The Morgan fingerprint density at radius 1 is 1.40 bits per heavy atom. The number of carbonyl (C=O) groups is 1. The molecule has 0 radical (unpaired) electrons. The number of aldehydes is 1. The van der Waals surface area contributed by atoms with Crippen molar-refractivity contribution in [3.63, 3.8) is 0 Å². The van der Waals surface area contributed by atoms with Crippen molar-refractivity contribution in [2.45, 2.75) is 6.92 Å². The molecule has 0 saturated carbocycles. The number of hydrogen-bond donors (Lipinski definition) is 0. The summed E-state index contributed by atoms with van der Waals surface area (Å²) in [5.74, 6) is 0.783. The third-order valence-corrected chi connectivity index (χ3v) is 2.38. The van der Waals surface area contributed by atoms with Crippen molar-refractivity contribution in [2.24, 2.45) is 0 Å². The zero-order valence-electron chi connectivity index (χ0n) is 9.06. The van der Waals surface area contributed by atoms with Gasteiger partial charge in [0, 0.05) is 19.8 Å². The number of imidazole rings is 1. The van der Waals surface area contributed by atoms with Crippen LogP contribution in [0.4, 0.5) is 5.95 Å². The fourth-order valence-corrected chi connectivity index (χ4v) is 1.68. The Morgan fingerprint density at radius 3 is 2.73 bits per heavy atom. The molecule has 0 fully saturated rings. The zero-order valence-corrected chi connectivity index (χ0v) is 9.06. The Labute approximate surface area is 88.2 Å². The molecule has 2 aromatic heterocycles. The fourth-order valence-electron chi connectivity index (χ4n) is 1.68. The molecule has 0 atom stereocenters. The zero-order chi connectivity index (χ0) is 11.0. The maximum absolute atomic E-state index is 10.9. The molecule has 0 bridgehead atoms. The van der Waals surface area contributed by atoms with E-state index in [9.17, 15) is 4.79 Å². The van der Waals surface area contributed by atoms with Gasteiger partial charge in [-0.05, 0) is 19.1 Å². The van der Waals surface area contributed by atoms with Crippen molar-refractivity contribution >= 4 is 17.8 Å². The van der Waals surface area contributed by atoms with Gasteiger partial charge in [-0.1, -0.05) is 6.07 Å². The Hall–Kier alpha value is -1.84. The first-order valence-corrected chi connectivity index (χ1v) is 4.75. The second-order valence-electron chi connectivity index (χ2n) is 3.70.